The predicted octanol–water partition coefficient (Wildman–Crippen LogP) is 2.51. The van der Waals surface area contributed by atoms with Crippen molar-refractivity contribution < 1.29 is 0 Å². The zero-order valence-corrected chi connectivity index (χ0v) is 16.1. The first-order valence-corrected chi connectivity index (χ1v) is 9.93. The Morgan fingerprint density at radius 2 is 1.68 bits per heavy atom. The lowest BCUT2D eigenvalue weighted by Crippen LogP contribution is -2.47. The smallest absolute Gasteiger partial charge is 0.226 e. The Morgan fingerprint density at radius 3 is 2.40 bits per heavy atom. The van der Waals surface area contributed by atoms with Crippen LogP contribution in [0, 0.1) is 6.92 Å². The number of aryl methyl sites for hydroxylation is 3. The third-order valence-corrected chi connectivity index (χ3v) is 6.16. The summed E-state index contributed by atoms with van der Waals surface area (Å²) >= 11 is 1.91. The molecule has 0 unspecified atom stereocenters. The minimum absolute atomic E-state index is 0.782. The first-order chi connectivity index (χ1) is 12.1. The molecule has 4 rings (SSSR count). The Balaban J connectivity index is 1.45. The maximum atomic E-state index is 4.92. The average molecular weight is 359 g/mol. The lowest BCUT2D eigenvalue weighted by Gasteiger charge is -2.35. The van der Waals surface area contributed by atoms with Gasteiger partial charge in [0.15, 0.2) is 5.13 Å². The number of thiazole rings is 1. The fraction of sp³-hybridized carbons (Fsp3) is 0.611. The van der Waals surface area contributed by atoms with Gasteiger partial charge in [-0.1, -0.05) is 0 Å². The summed E-state index contributed by atoms with van der Waals surface area (Å²) in [4.78, 5) is 22.4. The maximum Gasteiger partial charge on any atom is 0.226 e. The maximum absolute atomic E-state index is 4.92. The van der Waals surface area contributed by atoms with E-state index in [-0.39, 0.29) is 0 Å². The van der Waals surface area contributed by atoms with E-state index in [1.807, 2.05) is 37.3 Å². The summed E-state index contributed by atoms with van der Waals surface area (Å²) in [5.74, 6) is 1.82. The summed E-state index contributed by atoms with van der Waals surface area (Å²) in [6.45, 7) is 6.01. The lowest BCUT2D eigenvalue weighted by molar-refractivity contribution is 0.641. The molecule has 2 aromatic rings. The molecule has 0 radical (unpaired) electrons. The van der Waals surface area contributed by atoms with Gasteiger partial charge in [-0.25, -0.2) is 9.97 Å². The van der Waals surface area contributed by atoms with Crippen LogP contribution in [0.2, 0.25) is 0 Å². The van der Waals surface area contributed by atoms with Crippen molar-refractivity contribution in [1.82, 2.24) is 15.0 Å². The molecule has 1 saturated heterocycles. The van der Waals surface area contributed by atoms with Gasteiger partial charge in [-0.15, -0.1) is 11.3 Å². The van der Waals surface area contributed by atoms with Crippen LogP contribution >= 0.6 is 11.3 Å². The molecule has 2 aliphatic rings. The van der Waals surface area contributed by atoms with Crippen molar-refractivity contribution >= 4 is 28.2 Å². The van der Waals surface area contributed by atoms with Gasteiger partial charge >= 0.3 is 0 Å². The van der Waals surface area contributed by atoms with Crippen LogP contribution in [0.25, 0.3) is 0 Å². The molecule has 1 fully saturated rings. The van der Waals surface area contributed by atoms with Crippen molar-refractivity contribution in [1.29, 1.82) is 0 Å². The van der Waals surface area contributed by atoms with Gasteiger partial charge in [0, 0.05) is 56.9 Å². The molecule has 0 spiro atoms. The van der Waals surface area contributed by atoms with Crippen molar-refractivity contribution in [3.63, 3.8) is 0 Å². The molecule has 1 aliphatic carbocycles. The van der Waals surface area contributed by atoms with Crippen molar-refractivity contribution in [3.8, 4) is 0 Å². The van der Waals surface area contributed by atoms with Crippen LogP contribution < -0.4 is 14.7 Å². The summed E-state index contributed by atoms with van der Waals surface area (Å²) in [7, 11) is 3.97. The van der Waals surface area contributed by atoms with Crippen LogP contribution in [0.3, 0.4) is 0 Å². The summed E-state index contributed by atoms with van der Waals surface area (Å²) in [6, 6.07) is 2.09. The van der Waals surface area contributed by atoms with Gasteiger partial charge in [-0.05, 0) is 32.6 Å². The quantitative estimate of drug-likeness (QED) is 0.840. The number of hydrogen-bond donors (Lipinski definition) is 0. The molecule has 1 aliphatic heterocycles. The number of anilines is 3. The molecule has 2 aromatic heterocycles. The van der Waals surface area contributed by atoms with Gasteiger partial charge in [0.1, 0.15) is 5.82 Å². The van der Waals surface area contributed by atoms with E-state index in [9.17, 15) is 0 Å². The van der Waals surface area contributed by atoms with Gasteiger partial charge in [0.2, 0.25) is 5.95 Å². The number of fused-ring (bicyclic) bond motifs is 1. The Hall–Kier alpha value is -1.89. The van der Waals surface area contributed by atoms with E-state index in [1.54, 1.807) is 0 Å². The van der Waals surface area contributed by atoms with E-state index >= 15 is 0 Å². The molecule has 134 valence electrons. The van der Waals surface area contributed by atoms with Crippen LogP contribution in [0.4, 0.5) is 16.9 Å². The second-order valence-corrected chi connectivity index (χ2v) is 8.17. The number of piperazine rings is 1. The normalized spacial score (nSPS) is 17.6. The summed E-state index contributed by atoms with van der Waals surface area (Å²) in [6.07, 6.45) is 5.01. The van der Waals surface area contributed by atoms with Gasteiger partial charge in [-0.3, -0.25) is 0 Å². The van der Waals surface area contributed by atoms with Crippen LogP contribution in [0.5, 0.6) is 0 Å². The Labute approximate surface area is 153 Å². The first-order valence-electron chi connectivity index (χ1n) is 9.11. The van der Waals surface area contributed by atoms with Crippen molar-refractivity contribution in [2.45, 2.75) is 32.6 Å². The molecule has 0 saturated carbocycles. The van der Waals surface area contributed by atoms with Crippen LogP contribution in [0.15, 0.2) is 6.07 Å². The second kappa shape index (κ2) is 6.78. The molecule has 0 amide bonds. The average Bonchev–Trinajstić information content (AvgIpc) is 3.05. The van der Waals surface area contributed by atoms with E-state index in [2.05, 4.69) is 20.9 Å². The SMILES string of the molecule is Cc1cc(N2CCN(c3nc4c(s3)CCCC4)CC2)nc(N(C)C)n1. The number of aromatic nitrogens is 3. The Bertz CT molecular complexity index is 725. The molecule has 25 heavy (non-hydrogen) atoms. The van der Waals surface area contributed by atoms with Crippen molar-refractivity contribution in [2.24, 2.45) is 0 Å². The van der Waals surface area contributed by atoms with E-state index in [4.69, 9.17) is 9.97 Å². The Kier molecular flexibility index (Phi) is 4.50. The minimum atomic E-state index is 0.782. The lowest BCUT2D eigenvalue weighted by atomic mass is 10.0. The zero-order valence-electron chi connectivity index (χ0n) is 15.3. The van der Waals surface area contributed by atoms with Gasteiger partial charge in [0.05, 0.1) is 5.69 Å². The van der Waals surface area contributed by atoms with Gasteiger partial charge in [-0.2, -0.15) is 4.98 Å². The largest absolute Gasteiger partial charge is 0.353 e. The first kappa shape index (κ1) is 16.6. The highest BCUT2D eigenvalue weighted by molar-refractivity contribution is 7.15. The summed E-state index contributed by atoms with van der Waals surface area (Å²) in [5, 5.41) is 1.22. The third kappa shape index (κ3) is 3.42. The molecule has 0 atom stereocenters. The fourth-order valence-electron chi connectivity index (χ4n) is 3.50. The third-order valence-electron chi connectivity index (χ3n) is 4.94. The number of hydrogen-bond acceptors (Lipinski definition) is 7. The van der Waals surface area contributed by atoms with Crippen LogP contribution in [-0.2, 0) is 12.8 Å². The van der Waals surface area contributed by atoms with E-state index in [1.165, 1.54) is 41.4 Å². The molecular formula is C18H26N6S. The van der Waals surface area contributed by atoms with Crippen molar-refractivity contribution in [2.75, 3.05) is 55.0 Å². The van der Waals surface area contributed by atoms with Crippen molar-refractivity contribution in [3.05, 3.63) is 22.3 Å². The highest BCUT2D eigenvalue weighted by Gasteiger charge is 2.23. The molecule has 7 heteroatoms. The fourth-order valence-corrected chi connectivity index (χ4v) is 4.70. The molecule has 3 heterocycles. The molecule has 0 bridgehead atoms. The molecule has 6 nitrogen and oxygen atoms in total. The number of rotatable bonds is 3. The van der Waals surface area contributed by atoms with Gasteiger partial charge in [0.25, 0.3) is 0 Å². The Morgan fingerprint density at radius 1 is 0.960 bits per heavy atom. The van der Waals surface area contributed by atoms with Crippen LogP contribution in [0.1, 0.15) is 29.1 Å². The minimum Gasteiger partial charge on any atom is -0.353 e. The number of nitrogens with zero attached hydrogens (tertiary/aromatic N) is 6. The van der Waals surface area contributed by atoms with E-state index in [0.717, 1.165) is 43.6 Å². The topological polar surface area (TPSA) is 48.4 Å². The van der Waals surface area contributed by atoms with E-state index < -0.39 is 0 Å². The highest BCUT2D eigenvalue weighted by atomic mass is 32.1. The highest BCUT2D eigenvalue weighted by Crippen LogP contribution is 2.32. The van der Waals surface area contributed by atoms with E-state index in [0.29, 0.717) is 0 Å². The van der Waals surface area contributed by atoms with Crippen LogP contribution in [-0.4, -0.2) is 55.2 Å². The zero-order chi connectivity index (χ0) is 17.4. The molecule has 0 aromatic carbocycles. The summed E-state index contributed by atoms with van der Waals surface area (Å²) in [5.41, 5.74) is 2.37. The van der Waals surface area contributed by atoms with Gasteiger partial charge < -0.3 is 14.7 Å². The predicted molar refractivity (Wildman–Crippen MR) is 104 cm³/mol. The monoisotopic (exact) mass is 358 g/mol. The molecular weight excluding hydrogens is 332 g/mol. The molecule has 0 N–H and O–H groups in total. The standard InChI is InChI=1S/C18H26N6S/c1-13-12-16(21-17(19-13)22(2)3)23-8-10-24(11-9-23)18-20-14-6-4-5-7-15(14)25-18/h12H,4-11H2,1-3H3. The summed E-state index contributed by atoms with van der Waals surface area (Å²) < 4.78 is 0. The second-order valence-electron chi connectivity index (χ2n) is 7.11.